The molecule has 0 aliphatic rings. The summed E-state index contributed by atoms with van der Waals surface area (Å²) in [6, 6.07) is 17.5. The van der Waals surface area contributed by atoms with Crippen molar-refractivity contribution in [3.05, 3.63) is 76.8 Å². The molecule has 0 aromatic heterocycles. The fourth-order valence-electron chi connectivity index (χ4n) is 2.26. The normalized spacial score (nSPS) is 10.4. The van der Waals surface area contributed by atoms with E-state index in [1.54, 1.807) is 18.2 Å². The maximum Gasteiger partial charge on any atom is 0.344 e. The molecule has 0 bridgehead atoms. The molecule has 0 N–H and O–H groups in total. The number of esters is 1. The molecule has 3 aromatic carbocycles. The standard InChI is InChI=1S/C18H11ClO3/c19-14-8-9-17(13(10-14)11-20)22-18(21)16-7-3-5-12-4-1-2-6-15(12)16/h1-11H. The minimum atomic E-state index is -0.512. The van der Waals surface area contributed by atoms with Gasteiger partial charge >= 0.3 is 5.97 Å². The molecule has 108 valence electrons. The van der Waals surface area contributed by atoms with Crippen molar-refractivity contribution in [2.24, 2.45) is 0 Å². The van der Waals surface area contributed by atoms with Crippen molar-refractivity contribution in [3.8, 4) is 5.75 Å². The molecule has 3 nitrogen and oxygen atoms in total. The Morgan fingerprint density at radius 2 is 1.77 bits per heavy atom. The van der Waals surface area contributed by atoms with Gasteiger partial charge in [-0.1, -0.05) is 48.0 Å². The Hall–Kier alpha value is -2.65. The number of hydrogen-bond acceptors (Lipinski definition) is 3. The highest BCUT2D eigenvalue weighted by atomic mass is 35.5. The van der Waals surface area contributed by atoms with Crippen molar-refractivity contribution in [2.45, 2.75) is 0 Å². The summed E-state index contributed by atoms with van der Waals surface area (Å²) >= 11 is 5.83. The lowest BCUT2D eigenvalue weighted by molar-refractivity contribution is 0.0735. The van der Waals surface area contributed by atoms with Crippen LogP contribution < -0.4 is 4.74 Å². The second-order valence-electron chi connectivity index (χ2n) is 4.72. The quantitative estimate of drug-likeness (QED) is 0.406. The van der Waals surface area contributed by atoms with Crippen molar-refractivity contribution in [2.75, 3.05) is 0 Å². The maximum atomic E-state index is 12.4. The Bertz CT molecular complexity index is 866. The number of benzene rings is 3. The minimum Gasteiger partial charge on any atom is -0.422 e. The van der Waals surface area contributed by atoms with Crippen LogP contribution >= 0.6 is 11.6 Å². The monoisotopic (exact) mass is 310 g/mol. The lowest BCUT2D eigenvalue weighted by Crippen LogP contribution is -2.10. The van der Waals surface area contributed by atoms with Crippen LogP contribution in [0.1, 0.15) is 20.7 Å². The second-order valence-corrected chi connectivity index (χ2v) is 5.15. The van der Waals surface area contributed by atoms with Crippen LogP contribution in [0.3, 0.4) is 0 Å². The summed E-state index contributed by atoms with van der Waals surface area (Å²) in [7, 11) is 0. The molecule has 4 heteroatoms. The average molecular weight is 311 g/mol. The Kier molecular flexibility index (Phi) is 3.90. The first-order valence-electron chi connectivity index (χ1n) is 6.64. The molecule has 0 unspecified atom stereocenters. The summed E-state index contributed by atoms with van der Waals surface area (Å²) in [5, 5.41) is 2.16. The third kappa shape index (κ3) is 2.71. The van der Waals surface area contributed by atoms with Crippen LogP contribution in [-0.4, -0.2) is 12.3 Å². The van der Waals surface area contributed by atoms with Crippen molar-refractivity contribution in [3.63, 3.8) is 0 Å². The predicted molar refractivity (Wildman–Crippen MR) is 85.7 cm³/mol. The number of fused-ring (bicyclic) bond motifs is 1. The van der Waals surface area contributed by atoms with Gasteiger partial charge in [0.05, 0.1) is 11.1 Å². The lowest BCUT2D eigenvalue weighted by atomic mass is 10.0. The van der Waals surface area contributed by atoms with Gasteiger partial charge in [-0.25, -0.2) is 4.79 Å². The van der Waals surface area contributed by atoms with Gasteiger partial charge in [-0.2, -0.15) is 0 Å². The molecule has 0 saturated carbocycles. The van der Waals surface area contributed by atoms with Crippen LogP contribution in [0.15, 0.2) is 60.7 Å². The third-order valence-corrected chi connectivity index (χ3v) is 3.55. The topological polar surface area (TPSA) is 43.4 Å². The molecule has 0 saturated heterocycles. The number of ether oxygens (including phenoxy) is 1. The van der Waals surface area contributed by atoms with Crippen LogP contribution in [0.4, 0.5) is 0 Å². The largest absolute Gasteiger partial charge is 0.422 e. The highest BCUT2D eigenvalue weighted by Gasteiger charge is 2.14. The number of hydrogen-bond donors (Lipinski definition) is 0. The van der Waals surface area contributed by atoms with E-state index in [1.165, 1.54) is 12.1 Å². The van der Waals surface area contributed by atoms with Gasteiger partial charge in [-0.05, 0) is 35.0 Å². The molecule has 22 heavy (non-hydrogen) atoms. The first-order chi connectivity index (χ1) is 10.7. The number of aldehydes is 1. The number of carbonyl (C=O) groups excluding carboxylic acids is 2. The molecule has 0 aliphatic heterocycles. The van der Waals surface area contributed by atoms with E-state index in [0.717, 1.165) is 10.8 Å². The summed E-state index contributed by atoms with van der Waals surface area (Å²) in [5.74, 6) is -0.320. The molecule has 0 heterocycles. The van der Waals surface area contributed by atoms with Crippen LogP contribution in [0.25, 0.3) is 10.8 Å². The lowest BCUT2D eigenvalue weighted by Gasteiger charge is -2.09. The molecule has 0 fully saturated rings. The van der Waals surface area contributed by atoms with E-state index in [-0.39, 0.29) is 11.3 Å². The SMILES string of the molecule is O=Cc1cc(Cl)ccc1OC(=O)c1cccc2ccccc12. The molecule has 0 atom stereocenters. The van der Waals surface area contributed by atoms with E-state index in [9.17, 15) is 9.59 Å². The number of halogens is 1. The van der Waals surface area contributed by atoms with Crippen LogP contribution in [0.2, 0.25) is 5.02 Å². The molecular weight excluding hydrogens is 300 g/mol. The fourth-order valence-corrected chi connectivity index (χ4v) is 2.44. The summed E-state index contributed by atoms with van der Waals surface area (Å²) in [5.41, 5.74) is 0.686. The van der Waals surface area contributed by atoms with Crippen molar-refractivity contribution in [1.82, 2.24) is 0 Å². The second kappa shape index (κ2) is 6.00. The van der Waals surface area contributed by atoms with Gasteiger partial charge in [0, 0.05) is 5.02 Å². The van der Waals surface area contributed by atoms with Crippen molar-refractivity contribution in [1.29, 1.82) is 0 Å². The zero-order valence-electron chi connectivity index (χ0n) is 11.5. The highest BCUT2D eigenvalue weighted by Crippen LogP contribution is 2.24. The minimum absolute atomic E-state index is 0.192. The fraction of sp³-hybridized carbons (Fsp3) is 0. The molecule has 0 radical (unpaired) electrons. The molecule has 3 rings (SSSR count). The van der Waals surface area contributed by atoms with Gasteiger partial charge in [0.15, 0.2) is 6.29 Å². The van der Waals surface area contributed by atoms with Crippen molar-refractivity contribution >= 4 is 34.6 Å². The van der Waals surface area contributed by atoms with Gasteiger partial charge < -0.3 is 4.74 Å². The summed E-state index contributed by atoms with van der Waals surface area (Å²) in [6.45, 7) is 0. The van der Waals surface area contributed by atoms with E-state index in [1.807, 2.05) is 30.3 Å². The Morgan fingerprint density at radius 3 is 2.59 bits per heavy atom. The number of rotatable bonds is 3. The van der Waals surface area contributed by atoms with E-state index >= 15 is 0 Å². The van der Waals surface area contributed by atoms with Crippen LogP contribution in [0, 0.1) is 0 Å². The first kappa shape index (κ1) is 14.3. The molecule has 0 amide bonds. The molecular formula is C18H11ClO3. The molecule has 3 aromatic rings. The van der Waals surface area contributed by atoms with Gasteiger partial charge in [-0.3, -0.25) is 4.79 Å². The van der Waals surface area contributed by atoms with E-state index < -0.39 is 5.97 Å². The van der Waals surface area contributed by atoms with E-state index in [0.29, 0.717) is 16.9 Å². The Balaban J connectivity index is 1.99. The summed E-state index contributed by atoms with van der Waals surface area (Å²) in [4.78, 5) is 23.5. The van der Waals surface area contributed by atoms with Crippen molar-refractivity contribution < 1.29 is 14.3 Å². The van der Waals surface area contributed by atoms with E-state index in [4.69, 9.17) is 16.3 Å². The summed E-state index contributed by atoms with van der Waals surface area (Å²) in [6.07, 6.45) is 0.609. The van der Waals surface area contributed by atoms with Crippen LogP contribution in [0.5, 0.6) is 5.75 Å². The average Bonchev–Trinajstić information content (AvgIpc) is 2.55. The summed E-state index contributed by atoms with van der Waals surface area (Å²) < 4.78 is 5.36. The van der Waals surface area contributed by atoms with Gasteiger partial charge in [0.25, 0.3) is 0 Å². The third-order valence-electron chi connectivity index (χ3n) is 3.31. The smallest absolute Gasteiger partial charge is 0.344 e. The zero-order valence-corrected chi connectivity index (χ0v) is 12.2. The maximum absolute atomic E-state index is 12.4. The first-order valence-corrected chi connectivity index (χ1v) is 7.01. The zero-order chi connectivity index (χ0) is 15.5. The highest BCUT2D eigenvalue weighted by molar-refractivity contribution is 6.30. The number of carbonyl (C=O) groups is 2. The van der Waals surface area contributed by atoms with Crippen LogP contribution in [-0.2, 0) is 0 Å². The Labute approximate surface area is 132 Å². The molecule has 0 aliphatic carbocycles. The van der Waals surface area contributed by atoms with Gasteiger partial charge in [0.2, 0.25) is 0 Å². The Morgan fingerprint density at radius 1 is 1.00 bits per heavy atom. The van der Waals surface area contributed by atoms with Gasteiger partial charge in [0.1, 0.15) is 5.75 Å². The van der Waals surface area contributed by atoms with E-state index in [2.05, 4.69) is 0 Å². The molecule has 0 spiro atoms. The van der Waals surface area contributed by atoms with Gasteiger partial charge in [-0.15, -0.1) is 0 Å². The predicted octanol–water partition coefficient (Wildman–Crippen LogP) is 4.52.